The summed E-state index contributed by atoms with van der Waals surface area (Å²) >= 11 is 0. The first kappa shape index (κ1) is 19.3. The first-order valence-electron chi connectivity index (χ1n) is 12.5. The summed E-state index contributed by atoms with van der Waals surface area (Å²) in [4.78, 5) is 0. The number of nitrogens with zero attached hydrogens (tertiary/aromatic N) is 1. The topological polar surface area (TPSA) is 4.93 Å². The fourth-order valence-corrected chi connectivity index (χ4v) is 7.28. The van der Waals surface area contributed by atoms with E-state index in [1.165, 1.54) is 66.1 Å². The van der Waals surface area contributed by atoms with Gasteiger partial charge in [0.15, 0.2) is 0 Å². The fraction of sp³-hybridized carbons (Fsp3) is 0.0909. The molecule has 1 aliphatic carbocycles. The number of benzene rings is 5. The summed E-state index contributed by atoms with van der Waals surface area (Å²) in [5.41, 5.74) is 13.7. The summed E-state index contributed by atoms with van der Waals surface area (Å²) in [6.45, 7) is 4.81. The van der Waals surface area contributed by atoms with Gasteiger partial charge in [0.05, 0.1) is 0 Å². The van der Waals surface area contributed by atoms with Crippen molar-refractivity contribution in [1.82, 2.24) is 4.48 Å². The molecular formula is C33H24BN. The van der Waals surface area contributed by atoms with Crippen LogP contribution >= 0.6 is 0 Å². The van der Waals surface area contributed by atoms with Crippen LogP contribution in [0.5, 0.6) is 0 Å². The third-order valence-corrected chi connectivity index (χ3v) is 8.63. The zero-order chi connectivity index (χ0) is 23.3. The number of hydrogen-bond donors (Lipinski definition) is 0. The lowest BCUT2D eigenvalue weighted by atomic mass is 9.41. The zero-order valence-electron chi connectivity index (χ0n) is 19.9. The normalized spacial score (nSPS) is 17.5. The van der Waals surface area contributed by atoms with E-state index < -0.39 is 0 Å². The molecule has 0 amide bonds. The molecule has 5 aromatic carbocycles. The first-order chi connectivity index (χ1) is 17.2. The van der Waals surface area contributed by atoms with E-state index in [1.54, 1.807) is 0 Å². The van der Waals surface area contributed by atoms with Crippen molar-refractivity contribution in [3.05, 3.63) is 131 Å². The summed E-state index contributed by atoms with van der Waals surface area (Å²) < 4.78 is 2.62. The smallest absolute Gasteiger partial charge is 0.328 e. The number of fused-ring (bicyclic) bond motifs is 8. The summed E-state index contributed by atoms with van der Waals surface area (Å²) in [5, 5.41) is 2.66. The lowest BCUT2D eigenvalue weighted by Gasteiger charge is -2.39. The molecule has 0 bridgehead atoms. The molecule has 0 saturated carbocycles. The van der Waals surface area contributed by atoms with Crippen molar-refractivity contribution in [2.75, 3.05) is 0 Å². The highest BCUT2D eigenvalue weighted by molar-refractivity contribution is 6.86. The molecule has 1 aliphatic heterocycles. The second-order valence-corrected chi connectivity index (χ2v) is 10.3. The number of hydrogen-bond acceptors (Lipinski definition) is 0. The van der Waals surface area contributed by atoms with Gasteiger partial charge in [-0.15, -0.1) is 0 Å². The van der Waals surface area contributed by atoms with Crippen LogP contribution in [0.15, 0.2) is 109 Å². The van der Waals surface area contributed by atoms with E-state index >= 15 is 0 Å². The zero-order valence-corrected chi connectivity index (χ0v) is 19.9. The van der Waals surface area contributed by atoms with E-state index in [0.717, 1.165) is 0 Å². The number of aryl methyl sites for hydroxylation is 1. The van der Waals surface area contributed by atoms with Gasteiger partial charge in [-0.3, -0.25) is 0 Å². The summed E-state index contributed by atoms with van der Waals surface area (Å²) in [6.07, 6.45) is 0. The van der Waals surface area contributed by atoms with E-state index in [-0.39, 0.29) is 12.3 Å². The molecule has 1 atom stereocenters. The Morgan fingerprint density at radius 2 is 1.26 bits per heavy atom. The van der Waals surface area contributed by atoms with Crippen LogP contribution < -0.4 is 10.9 Å². The Morgan fingerprint density at radius 3 is 2.17 bits per heavy atom. The molecule has 0 saturated heterocycles. The van der Waals surface area contributed by atoms with Crippen LogP contribution in [-0.2, 0) is 5.41 Å². The number of para-hydroxylation sites is 2. The fourth-order valence-electron chi connectivity index (χ4n) is 7.28. The molecule has 2 aliphatic rings. The van der Waals surface area contributed by atoms with Crippen molar-refractivity contribution in [2.24, 2.45) is 0 Å². The maximum absolute atomic E-state index is 2.62. The molecule has 1 aromatic heterocycles. The highest BCUT2D eigenvalue weighted by Gasteiger charge is 2.50. The minimum absolute atomic E-state index is 0.118. The van der Waals surface area contributed by atoms with Crippen LogP contribution in [0.25, 0.3) is 32.9 Å². The van der Waals surface area contributed by atoms with Crippen molar-refractivity contribution in [3.8, 4) is 11.1 Å². The van der Waals surface area contributed by atoms with Gasteiger partial charge in [-0.05, 0) is 64.2 Å². The van der Waals surface area contributed by atoms with Crippen LogP contribution in [0.4, 0.5) is 0 Å². The third kappa shape index (κ3) is 2.21. The molecule has 35 heavy (non-hydrogen) atoms. The quantitative estimate of drug-likeness (QED) is 0.258. The highest BCUT2D eigenvalue weighted by atomic mass is 14.9. The van der Waals surface area contributed by atoms with E-state index in [1.807, 2.05) is 0 Å². The number of aromatic nitrogens is 1. The molecular weight excluding hydrogens is 421 g/mol. The predicted molar refractivity (Wildman–Crippen MR) is 148 cm³/mol. The van der Waals surface area contributed by atoms with Crippen molar-refractivity contribution in [3.63, 3.8) is 0 Å². The Morgan fingerprint density at radius 1 is 0.600 bits per heavy atom. The van der Waals surface area contributed by atoms with Crippen molar-refractivity contribution < 1.29 is 0 Å². The Balaban J connectivity index is 1.58. The molecule has 0 radical (unpaired) electrons. The summed E-state index contributed by atoms with van der Waals surface area (Å²) in [5.74, 6) is 0. The lowest BCUT2D eigenvalue weighted by Crippen LogP contribution is -2.58. The average molecular weight is 445 g/mol. The minimum Gasteiger partial charge on any atom is -0.376 e. The van der Waals surface area contributed by atoms with Gasteiger partial charge < -0.3 is 4.48 Å². The Labute approximate surface area is 205 Å². The van der Waals surface area contributed by atoms with Gasteiger partial charge in [0.1, 0.15) is 0 Å². The van der Waals surface area contributed by atoms with Gasteiger partial charge >= 0.3 is 6.85 Å². The molecule has 2 heterocycles. The van der Waals surface area contributed by atoms with Gasteiger partial charge in [-0.2, -0.15) is 0 Å². The summed E-state index contributed by atoms with van der Waals surface area (Å²) in [7, 11) is 0. The SMILES string of the molecule is Cc1cccc2c3ccccc3n(B3c4ccccc4C4(C)c5ccccc5-c5cccc3c54)c12. The van der Waals surface area contributed by atoms with Gasteiger partial charge in [0, 0.05) is 27.2 Å². The van der Waals surface area contributed by atoms with Crippen LogP contribution in [0.2, 0.25) is 0 Å². The number of rotatable bonds is 1. The third-order valence-electron chi connectivity index (χ3n) is 8.63. The van der Waals surface area contributed by atoms with Crippen molar-refractivity contribution in [1.29, 1.82) is 0 Å². The maximum Gasteiger partial charge on any atom is 0.328 e. The molecule has 1 nitrogen and oxygen atoms in total. The second-order valence-electron chi connectivity index (χ2n) is 10.3. The molecule has 164 valence electrons. The highest BCUT2D eigenvalue weighted by Crippen LogP contribution is 2.52. The van der Waals surface area contributed by atoms with Gasteiger partial charge in [-0.1, -0.05) is 103 Å². The molecule has 1 unspecified atom stereocenters. The molecule has 2 heteroatoms. The summed E-state index contributed by atoms with van der Waals surface area (Å²) in [6, 6.07) is 40.8. The van der Waals surface area contributed by atoms with Crippen LogP contribution in [0.3, 0.4) is 0 Å². The largest absolute Gasteiger partial charge is 0.376 e. The minimum atomic E-state index is -0.149. The standard InChI is InChI=1S/C33H24BN/c1-21-11-9-15-25-23-13-4-8-20-30(23)35(32(21)25)34-28-18-7-6-17-27(28)33(2)26-16-5-3-12-22(26)24-14-10-19-29(34)31(24)33/h3-20H,1-2H3. The predicted octanol–water partition coefficient (Wildman–Crippen LogP) is 6.41. The molecule has 0 fully saturated rings. The average Bonchev–Trinajstić information content (AvgIpc) is 3.37. The molecule has 0 N–H and O–H groups in total. The Hall–Kier alpha value is -4.04. The van der Waals surface area contributed by atoms with E-state index in [4.69, 9.17) is 0 Å². The van der Waals surface area contributed by atoms with Gasteiger partial charge in [0.25, 0.3) is 0 Å². The van der Waals surface area contributed by atoms with Gasteiger partial charge in [-0.25, -0.2) is 0 Å². The van der Waals surface area contributed by atoms with E-state index in [9.17, 15) is 0 Å². The monoisotopic (exact) mass is 445 g/mol. The van der Waals surface area contributed by atoms with Crippen LogP contribution in [0.1, 0.15) is 29.2 Å². The molecule has 8 rings (SSSR count). The Bertz CT molecular complexity index is 1840. The second kappa shape index (κ2) is 6.55. The van der Waals surface area contributed by atoms with Crippen molar-refractivity contribution in [2.45, 2.75) is 19.3 Å². The van der Waals surface area contributed by atoms with E-state index in [2.05, 4.69) is 128 Å². The van der Waals surface area contributed by atoms with Gasteiger partial charge in [0.2, 0.25) is 0 Å². The maximum atomic E-state index is 2.62. The van der Waals surface area contributed by atoms with Crippen molar-refractivity contribution >= 4 is 39.6 Å². The molecule has 0 spiro atoms. The first-order valence-corrected chi connectivity index (χ1v) is 12.5. The van der Waals surface area contributed by atoms with Crippen LogP contribution in [-0.4, -0.2) is 11.3 Å². The Kier molecular flexibility index (Phi) is 3.61. The lowest BCUT2D eigenvalue weighted by molar-refractivity contribution is 0.718. The van der Waals surface area contributed by atoms with E-state index in [0.29, 0.717) is 0 Å². The molecule has 6 aromatic rings. The van der Waals surface area contributed by atoms with Crippen LogP contribution in [0, 0.1) is 6.92 Å².